The molecule has 1 amide bonds. The maximum Gasteiger partial charge on any atom is 0.223 e. The summed E-state index contributed by atoms with van der Waals surface area (Å²) in [5.41, 5.74) is 0. The minimum absolute atomic E-state index is 0.0593. The molecule has 4 heteroatoms. The van der Waals surface area contributed by atoms with Gasteiger partial charge in [0, 0.05) is 32.0 Å². The second-order valence-corrected chi connectivity index (χ2v) is 4.45. The Labute approximate surface area is 96.6 Å². The highest BCUT2D eigenvalue weighted by Gasteiger charge is 2.25. The summed E-state index contributed by atoms with van der Waals surface area (Å²) in [4.78, 5) is 24.6. The van der Waals surface area contributed by atoms with Gasteiger partial charge in [0.15, 0.2) is 0 Å². The molecule has 0 aromatic heterocycles. The van der Waals surface area contributed by atoms with Crippen molar-refractivity contribution in [2.75, 3.05) is 13.2 Å². The number of ketones is 1. The van der Waals surface area contributed by atoms with Gasteiger partial charge in [-0.1, -0.05) is 0 Å². The summed E-state index contributed by atoms with van der Waals surface area (Å²) in [7, 11) is 0. The number of piperidine rings is 1. The number of rotatable bonds is 5. The summed E-state index contributed by atoms with van der Waals surface area (Å²) in [5, 5.41) is 8.94. The van der Waals surface area contributed by atoms with Gasteiger partial charge in [0.2, 0.25) is 5.91 Å². The van der Waals surface area contributed by atoms with Crippen LogP contribution >= 0.6 is 0 Å². The summed E-state index contributed by atoms with van der Waals surface area (Å²) in [6, 6.07) is 0.179. The molecule has 0 spiro atoms. The van der Waals surface area contributed by atoms with Crippen LogP contribution in [0.2, 0.25) is 0 Å². The fourth-order valence-electron chi connectivity index (χ4n) is 2.20. The van der Waals surface area contributed by atoms with Crippen LogP contribution in [0.4, 0.5) is 0 Å². The maximum atomic E-state index is 11.9. The molecule has 1 fully saturated rings. The predicted molar refractivity (Wildman–Crippen MR) is 61.0 cm³/mol. The van der Waals surface area contributed by atoms with Crippen LogP contribution in [0.3, 0.4) is 0 Å². The Balaban J connectivity index is 2.46. The molecule has 0 aromatic carbocycles. The zero-order chi connectivity index (χ0) is 12.0. The van der Waals surface area contributed by atoms with Crippen molar-refractivity contribution in [1.82, 2.24) is 4.90 Å². The van der Waals surface area contributed by atoms with Crippen molar-refractivity contribution in [1.29, 1.82) is 0 Å². The molecule has 92 valence electrons. The average Bonchev–Trinajstić information content (AvgIpc) is 2.27. The van der Waals surface area contributed by atoms with Crippen LogP contribution in [0, 0.1) is 0 Å². The number of aliphatic hydroxyl groups excluding tert-OH is 1. The zero-order valence-corrected chi connectivity index (χ0v) is 9.95. The minimum Gasteiger partial charge on any atom is -0.396 e. The van der Waals surface area contributed by atoms with Crippen LogP contribution in [-0.4, -0.2) is 40.9 Å². The van der Waals surface area contributed by atoms with Crippen molar-refractivity contribution >= 4 is 11.7 Å². The van der Waals surface area contributed by atoms with E-state index in [9.17, 15) is 9.59 Å². The number of hydrogen-bond donors (Lipinski definition) is 1. The van der Waals surface area contributed by atoms with E-state index in [-0.39, 0.29) is 24.3 Å². The smallest absolute Gasteiger partial charge is 0.223 e. The fourth-order valence-corrected chi connectivity index (χ4v) is 2.20. The molecule has 16 heavy (non-hydrogen) atoms. The number of carbonyl (C=O) groups excluding carboxylic acids is 2. The molecule has 1 saturated heterocycles. The van der Waals surface area contributed by atoms with Gasteiger partial charge in [-0.25, -0.2) is 0 Å². The molecule has 0 aliphatic carbocycles. The van der Waals surface area contributed by atoms with Gasteiger partial charge < -0.3 is 14.8 Å². The number of nitrogens with zero attached hydrogens (tertiary/aromatic N) is 1. The molecule has 1 unspecified atom stereocenters. The number of hydrogen-bond acceptors (Lipinski definition) is 3. The van der Waals surface area contributed by atoms with E-state index in [0.717, 1.165) is 25.8 Å². The molecule has 1 aliphatic heterocycles. The third kappa shape index (κ3) is 3.93. The normalized spacial score (nSPS) is 20.9. The third-order valence-electron chi connectivity index (χ3n) is 3.10. The van der Waals surface area contributed by atoms with E-state index in [1.807, 2.05) is 4.90 Å². The van der Waals surface area contributed by atoms with Crippen molar-refractivity contribution in [2.45, 2.75) is 51.5 Å². The lowest BCUT2D eigenvalue weighted by Gasteiger charge is -2.35. The van der Waals surface area contributed by atoms with E-state index in [4.69, 9.17) is 5.11 Å². The molecule has 0 bridgehead atoms. The van der Waals surface area contributed by atoms with E-state index in [1.165, 1.54) is 6.92 Å². The SMILES string of the molecule is CC(=O)CCC(=O)N1CCCCC1CCO. The summed E-state index contributed by atoms with van der Waals surface area (Å²) in [6.07, 6.45) is 4.45. The van der Waals surface area contributed by atoms with Gasteiger partial charge >= 0.3 is 0 Å². The first-order chi connectivity index (χ1) is 7.65. The van der Waals surface area contributed by atoms with Crippen LogP contribution in [0.15, 0.2) is 0 Å². The van der Waals surface area contributed by atoms with Crippen LogP contribution < -0.4 is 0 Å². The third-order valence-corrected chi connectivity index (χ3v) is 3.10. The number of aliphatic hydroxyl groups is 1. The summed E-state index contributed by atoms with van der Waals surface area (Å²) < 4.78 is 0. The highest BCUT2D eigenvalue weighted by molar-refractivity contribution is 5.83. The lowest BCUT2D eigenvalue weighted by Crippen LogP contribution is -2.44. The van der Waals surface area contributed by atoms with E-state index in [1.54, 1.807) is 0 Å². The monoisotopic (exact) mass is 227 g/mol. The van der Waals surface area contributed by atoms with Gasteiger partial charge in [-0.05, 0) is 32.6 Å². The molecule has 0 radical (unpaired) electrons. The first kappa shape index (κ1) is 13.2. The van der Waals surface area contributed by atoms with Gasteiger partial charge in [-0.2, -0.15) is 0 Å². The van der Waals surface area contributed by atoms with E-state index in [2.05, 4.69) is 0 Å². The Morgan fingerprint density at radius 1 is 1.31 bits per heavy atom. The standard InChI is InChI=1S/C12H21NO3/c1-10(15)5-6-12(16)13-8-3-2-4-11(13)7-9-14/h11,14H,2-9H2,1H3. The molecule has 4 nitrogen and oxygen atoms in total. The van der Waals surface area contributed by atoms with E-state index < -0.39 is 0 Å². The summed E-state index contributed by atoms with van der Waals surface area (Å²) in [6.45, 7) is 2.41. The van der Waals surface area contributed by atoms with Gasteiger partial charge in [0.25, 0.3) is 0 Å². The molecule has 1 aliphatic rings. The Bertz CT molecular complexity index is 251. The van der Waals surface area contributed by atoms with E-state index >= 15 is 0 Å². The molecule has 0 saturated carbocycles. The highest BCUT2D eigenvalue weighted by Crippen LogP contribution is 2.20. The molecule has 1 N–H and O–H groups in total. The van der Waals surface area contributed by atoms with Crippen molar-refractivity contribution in [3.63, 3.8) is 0 Å². The Kier molecular flexibility index (Phi) is 5.46. The number of carbonyl (C=O) groups is 2. The summed E-state index contributed by atoms with van der Waals surface area (Å²) >= 11 is 0. The second-order valence-electron chi connectivity index (χ2n) is 4.45. The number of amides is 1. The van der Waals surface area contributed by atoms with Crippen molar-refractivity contribution < 1.29 is 14.7 Å². The molecular weight excluding hydrogens is 206 g/mol. The van der Waals surface area contributed by atoms with Crippen molar-refractivity contribution in [3.05, 3.63) is 0 Å². The van der Waals surface area contributed by atoms with Gasteiger partial charge in [0.1, 0.15) is 5.78 Å². The molecule has 1 heterocycles. The Morgan fingerprint density at radius 3 is 2.69 bits per heavy atom. The number of likely N-dealkylation sites (tertiary alicyclic amines) is 1. The number of Topliss-reactive ketones (excluding diaryl/α,β-unsaturated/α-hetero) is 1. The molecule has 0 aromatic rings. The predicted octanol–water partition coefficient (Wildman–Crippen LogP) is 1.12. The van der Waals surface area contributed by atoms with Crippen LogP contribution in [-0.2, 0) is 9.59 Å². The maximum absolute atomic E-state index is 11.9. The van der Waals surface area contributed by atoms with Gasteiger partial charge in [-0.15, -0.1) is 0 Å². The van der Waals surface area contributed by atoms with Gasteiger partial charge in [0.05, 0.1) is 0 Å². The summed E-state index contributed by atoms with van der Waals surface area (Å²) in [5.74, 6) is 0.123. The zero-order valence-electron chi connectivity index (χ0n) is 9.95. The lowest BCUT2D eigenvalue weighted by atomic mass is 9.99. The highest BCUT2D eigenvalue weighted by atomic mass is 16.3. The van der Waals surface area contributed by atoms with Crippen molar-refractivity contribution in [3.8, 4) is 0 Å². The van der Waals surface area contributed by atoms with Gasteiger partial charge in [-0.3, -0.25) is 4.79 Å². The van der Waals surface area contributed by atoms with Crippen LogP contribution in [0.25, 0.3) is 0 Å². The van der Waals surface area contributed by atoms with E-state index in [0.29, 0.717) is 19.3 Å². The molecule has 1 atom stereocenters. The quantitative estimate of drug-likeness (QED) is 0.765. The molecular formula is C12H21NO3. The fraction of sp³-hybridized carbons (Fsp3) is 0.833. The average molecular weight is 227 g/mol. The van der Waals surface area contributed by atoms with Crippen molar-refractivity contribution in [2.24, 2.45) is 0 Å². The largest absolute Gasteiger partial charge is 0.396 e. The Morgan fingerprint density at radius 2 is 2.06 bits per heavy atom. The first-order valence-corrected chi connectivity index (χ1v) is 6.05. The van der Waals surface area contributed by atoms with Crippen LogP contribution in [0.5, 0.6) is 0 Å². The first-order valence-electron chi connectivity index (χ1n) is 6.05. The lowest BCUT2D eigenvalue weighted by molar-refractivity contribution is -0.136. The topological polar surface area (TPSA) is 57.6 Å². The Hall–Kier alpha value is -0.900. The second kappa shape index (κ2) is 6.63. The minimum atomic E-state index is 0.0593. The van der Waals surface area contributed by atoms with Crippen LogP contribution in [0.1, 0.15) is 45.4 Å². The molecule has 1 rings (SSSR count).